The van der Waals surface area contributed by atoms with E-state index < -0.39 is 0 Å². The molecule has 2 saturated heterocycles. The maximum atomic E-state index is 12.4. The van der Waals surface area contributed by atoms with Crippen molar-refractivity contribution >= 4 is 11.7 Å². The van der Waals surface area contributed by atoms with Crippen LogP contribution in [-0.2, 0) is 4.79 Å². The molecule has 0 saturated carbocycles. The van der Waals surface area contributed by atoms with Crippen molar-refractivity contribution in [3.63, 3.8) is 0 Å². The summed E-state index contributed by atoms with van der Waals surface area (Å²) in [5.74, 6) is 1.93. The molecule has 1 spiro atoms. The van der Waals surface area contributed by atoms with Crippen LogP contribution in [0.2, 0.25) is 0 Å². The van der Waals surface area contributed by atoms with Gasteiger partial charge in [-0.15, -0.1) is 0 Å². The fourth-order valence-electron chi connectivity index (χ4n) is 3.25. The Morgan fingerprint density at radius 3 is 3.15 bits per heavy atom. The van der Waals surface area contributed by atoms with Crippen LogP contribution in [0.25, 0.3) is 0 Å². The molecule has 0 radical (unpaired) electrons. The Kier molecular flexibility index (Phi) is 3.51. The summed E-state index contributed by atoms with van der Waals surface area (Å²) in [6.45, 7) is 2.46. The summed E-state index contributed by atoms with van der Waals surface area (Å²) in [5, 5.41) is 3.06. The normalized spacial score (nSPS) is 26.4. The van der Waals surface area contributed by atoms with Crippen molar-refractivity contribution in [1.82, 2.24) is 10.3 Å². The molecule has 0 aliphatic carbocycles. The van der Waals surface area contributed by atoms with Gasteiger partial charge >= 0.3 is 0 Å². The van der Waals surface area contributed by atoms with E-state index in [4.69, 9.17) is 4.74 Å². The highest BCUT2D eigenvalue weighted by Crippen LogP contribution is 2.39. The molecule has 1 atom stereocenters. The quantitative estimate of drug-likeness (QED) is 0.890. The summed E-state index contributed by atoms with van der Waals surface area (Å²) in [6, 6.07) is 3.78. The van der Waals surface area contributed by atoms with Crippen LogP contribution < -0.4 is 15.0 Å². The summed E-state index contributed by atoms with van der Waals surface area (Å²) in [5.41, 5.74) is -0.221. The summed E-state index contributed by atoms with van der Waals surface area (Å²) in [7, 11) is 1.66. The number of carbonyl (C=O) groups excluding carboxylic acids is 1. The van der Waals surface area contributed by atoms with Gasteiger partial charge in [0.05, 0.1) is 12.5 Å². The van der Waals surface area contributed by atoms with Crippen LogP contribution in [-0.4, -0.2) is 37.6 Å². The zero-order chi connectivity index (χ0) is 14.0. The lowest BCUT2D eigenvalue weighted by Crippen LogP contribution is -2.41. The van der Waals surface area contributed by atoms with Crippen LogP contribution in [0.1, 0.15) is 25.7 Å². The van der Waals surface area contributed by atoms with Crippen molar-refractivity contribution in [2.45, 2.75) is 25.7 Å². The zero-order valence-electron chi connectivity index (χ0n) is 11.9. The highest BCUT2D eigenvalue weighted by atomic mass is 16.5. The molecule has 1 amide bonds. The van der Waals surface area contributed by atoms with Crippen molar-refractivity contribution in [3.8, 4) is 5.75 Å². The topological polar surface area (TPSA) is 54.5 Å². The maximum Gasteiger partial charge on any atom is 0.228 e. The van der Waals surface area contributed by atoms with E-state index >= 15 is 0 Å². The summed E-state index contributed by atoms with van der Waals surface area (Å²) < 4.78 is 5.25. The minimum absolute atomic E-state index is 0.221. The van der Waals surface area contributed by atoms with Crippen molar-refractivity contribution in [1.29, 1.82) is 0 Å². The van der Waals surface area contributed by atoms with E-state index in [9.17, 15) is 4.79 Å². The van der Waals surface area contributed by atoms with E-state index in [1.54, 1.807) is 13.3 Å². The molecule has 3 rings (SSSR count). The van der Waals surface area contributed by atoms with E-state index in [1.807, 2.05) is 12.1 Å². The fourth-order valence-corrected chi connectivity index (χ4v) is 3.25. The molecular weight excluding hydrogens is 254 g/mol. The van der Waals surface area contributed by atoms with Crippen molar-refractivity contribution in [3.05, 3.63) is 18.3 Å². The molecule has 0 bridgehead atoms. The highest BCUT2D eigenvalue weighted by Gasteiger charge is 2.45. The second-order valence-corrected chi connectivity index (χ2v) is 5.72. The van der Waals surface area contributed by atoms with Crippen LogP contribution in [0, 0.1) is 5.41 Å². The number of nitrogens with zero attached hydrogens (tertiary/aromatic N) is 2. The van der Waals surface area contributed by atoms with Gasteiger partial charge in [-0.3, -0.25) is 4.79 Å². The first-order valence-electron chi connectivity index (χ1n) is 7.27. The third-order valence-corrected chi connectivity index (χ3v) is 4.48. The molecular formula is C15H21N3O2. The molecule has 2 aliphatic heterocycles. The molecule has 5 nitrogen and oxygen atoms in total. The summed E-state index contributed by atoms with van der Waals surface area (Å²) in [4.78, 5) is 19.0. The average Bonchev–Trinajstić information content (AvgIpc) is 2.84. The molecule has 0 aromatic carbocycles. The number of hydrogen-bond donors (Lipinski definition) is 1. The maximum absolute atomic E-state index is 12.4. The number of hydrogen-bond acceptors (Lipinski definition) is 4. The number of carbonyl (C=O) groups is 1. The number of nitrogens with one attached hydrogen (secondary N) is 1. The van der Waals surface area contributed by atoms with Gasteiger partial charge in [-0.1, -0.05) is 6.42 Å². The van der Waals surface area contributed by atoms with E-state index in [1.165, 1.54) is 0 Å². The second kappa shape index (κ2) is 5.31. The largest absolute Gasteiger partial charge is 0.497 e. The minimum Gasteiger partial charge on any atom is -0.497 e. The second-order valence-electron chi connectivity index (χ2n) is 5.72. The Balaban J connectivity index is 1.79. The molecule has 5 heteroatoms. The monoisotopic (exact) mass is 275 g/mol. The predicted molar refractivity (Wildman–Crippen MR) is 76.9 cm³/mol. The number of ether oxygens (including phenoxy) is 1. The molecule has 1 unspecified atom stereocenters. The molecule has 108 valence electrons. The van der Waals surface area contributed by atoms with E-state index in [0.717, 1.165) is 56.9 Å². The Labute approximate surface area is 119 Å². The first-order chi connectivity index (χ1) is 9.73. The molecule has 1 aromatic heterocycles. The summed E-state index contributed by atoms with van der Waals surface area (Å²) in [6.07, 6.45) is 5.87. The Hall–Kier alpha value is -1.78. The number of methoxy groups -OCH3 is 1. The average molecular weight is 275 g/mol. The lowest BCUT2D eigenvalue weighted by molar-refractivity contribution is -0.129. The van der Waals surface area contributed by atoms with E-state index in [2.05, 4.69) is 15.2 Å². The van der Waals surface area contributed by atoms with E-state index in [-0.39, 0.29) is 11.3 Å². The first-order valence-corrected chi connectivity index (χ1v) is 7.27. The van der Waals surface area contributed by atoms with Gasteiger partial charge in [-0.2, -0.15) is 0 Å². The van der Waals surface area contributed by atoms with Crippen LogP contribution in [0.5, 0.6) is 5.75 Å². The fraction of sp³-hybridized carbons (Fsp3) is 0.600. The van der Waals surface area contributed by atoms with Gasteiger partial charge < -0.3 is 15.0 Å². The SMILES string of the molecule is COc1ccnc(N2CCC3(CCCCNC3=O)C2)c1. The minimum atomic E-state index is -0.221. The Morgan fingerprint density at radius 1 is 1.40 bits per heavy atom. The third kappa shape index (κ3) is 2.32. The van der Waals surface area contributed by atoms with Gasteiger partial charge in [-0.25, -0.2) is 4.98 Å². The van der Waals surface area contributed by atoms with Crippen LogP contribution in [0.4, 0.5) is 5.82 Å². The number of aromatic nitrogens is 1. The highest BCUT2D eigenvalue weighted by molar-refractivity contribution is 5.84. The number of pyridine rings is 1. The van der Waals surface area contributed by atoms with Crippen LogP contribution in [0.3, 0.4) is 0 Å². The van der Waals surface area contributed by atoms with Gasteiger partial charge in [0.2, 0.25) is 5.91 Å². The number of amides is 1. The lowest BCUT2D eigenvalue weighted by atomic mass is 9.82. The number of rotatable bonds is 2. The first kappa shape index (κ1) is 13.2. The smallest absolute Gasteiger partial charge is 0.228 e. The molecule has 1 N–H and O–H groups in total. The van der Waals surface area contributed by atoms with Gasteiger partial charge in [0, 0.05) is 31.9 Å². The third-order valence-electron chi connectivity index (χ3n) is 4.48. The van der Waals surface area contributed by atoms with Crippen LogP contribution in [0.15, 0.2) is 18.3 Å². The van der Waals surface area contributed by atoms with Crippen molar-refractivity contribution in [2.75, 3.05) is 31.6 Å². The lowest BCUT2D eigenvalue weighted by Gasteiger charge is -2.26. The van der Waals surface area contributed by atoms with Gasteiger partial charge in [-0.05, 0) is 25.3 Å². The van der Waals surface area contributed by atoms with E-state index in [0.29, 0.717) is 0 Å². The molecule has 2 fully saturated rings. The standard InChI is InChI=1S/C15H21N3O2/c1-20-12-4-8-16-13(10-12)18-9-6-15(11-18)5-2-3-7-17-14(15)19/h4,8,10H,2-3,5-7,9,11H2,1H3,(H,17,19). The Bertz CT molecular complexity index is 506. The van der Waals surface area contributed by atoms with Crippen LogP contribution >= 0.6 is 0 Å². The molecule has 1 aromatic rings. The zero-order valence-corrected chi connectivity index (χ0v) is 11.9. The Morgan fingerprint density at radius 2 is 2.30 bits per heavy atom. The molecule has 2 aliphatic rings. The predicted octanol–water partition coefficient (Wildman–Crippen LogP) is 1.59. The van der Waals surface area contributed by atoms with Crippen molar-refractivity contribution < 1.29 is 9.53 Å². The molecule has 3 heterocycles. The van der Waals surface area contributed by atoms with Crippen molar-refractivity contribution in [2.24, 2.45) is 5.41 Å². The summed E-state index contributed by atoms with van der Waals surface area (Å²) >= 11 is 0. The van der Waals surface area contributed by atoms with Gasteiger partial charge in [0.25, 0.3) is 0 Å². The van der Waals surface area contributed by atoms with Gasteiger partial charge in [0.1, 0.15) is 11.6 Å². The van der Waals surface area contributed by atoms with Gasteiger partial charge in [0.15, 0.2) is 0 Å². The number of anilines is 1. The molecule has 20 heavy (non-hydrogen) atoms.